The molecule has 2 aromatic rings. The number of anilines is 1. The number of hydrogen-bond donors (Lipinski definition) is 3. The summed E-state index contributed by atoms with van der Waals surface area (Å²) in [6.45, 7) is 0. The van der Waals surface area contributed by atoms with Gasteiger partial charge < -0.3 is 11.1 Å². The van der Waals surface area contributed by atoms with E-state index in [1.165, 1.54) is 6.20 Å². The third-order valence-electron chi connectivity index (χ3n) is 2.25. The Morgan fingerprint density at radius 2 is 2.06 bits per heavy atom. The van der Waals surface area contributed by atoms with E-state index in [9.17, 15) is 4.79 Å². The van der Waals surface area contributed by atoms with E-state index in [4.69, 9.17) is 18.0 Å². The van der Waals surface area contributed by atoms with E-state index in [0.717, 1.165) is 3.57 Å². The van der Waals surface area contributed by atoms with Gasteiger partial charge in [-0.05, 0) is 46.9 Å². The van der Waals surface area contributed by atoms with Gasteiger partial charge >= 0.3 is 0 Å². The number of hydrogen-bond acceptors (Lipinski definition) is 3. The van der Waals surface area contributed by atoms with Gasteiger partial charge in [-0.3, -0.25) is 9.89 Å². The van der Waals surface area contributed by atoms with Crippen molar-refractivity contribution in [1.82, 2.24) is 10.2 Å². The number of halogens is 1. The smallest absolute Gasteiger partial charge is 0.256 e. The van der Waals surface area contributed by atoms with Gasteiger partial charge in [0, 0.05) is 9.13 Å². The number of benzene rings is 1. The normalized spacial score (nSPS) is 10.1. The number of aromatic nitrogens is 2. The largest absolute Gasteiger partial charge is 0.389 e. The highest BCUT2D eigenvalue weighted by Gasteiger charge is 2.12. The molecule has 5 nitrogen and oxygen atoms in total. The molecule has 0 bridgehead atoms. The van der Waals surface area contributed by atoms with Crippen molar-refractivity contribution in [2.75, 3.05) is 5.32 Å². The quantitative estimate of drug-likeness (QED) is 0.568. The summed E-state index contributed by atoms with van der Waals surface area (Å²) in [6, 6.07) is 7.20. The standard InChI is InChI=1S/C11H9IN4OS/c12-7-3-1-6(2-4-7)11(17)15-10-8(9(13)18)5-14-16-10/h1-5H,(H2,13,18)(H2,14,15,16,17). The van der Waals surface area contributed by atoms with Crippen LogP contribution in [0.25, 0.3) is 0 Å². The van der Waals surface area contributed by atoms with E-state index >= 15 is 0 Å². The second-order valence-corrected chi connectivity index (χ2v) is 5.17. The predicted molar refractivity (Wildman–Crippen MR) is 81.6 cm³/mol. The lowest BCUT2D eigenvalue weighted by Crippen LogP contribution is -2.16. The molecule has 0 aliphatic rings. The minimum Gasteiger partial charge on any atom is -0.389 e. The Labute approximate surface area is 122 Å². The van der Waals surface area contributed by atoms with Crippen molar-refractivity contribution in [3.63, 3.8) is 0 Å². The van der Waals surface area contributed by atoms with Crippen LogP contribution in [0, 0.1) is 3.57 Å². The molecule has 0 fully saturated rings. The average Bonchev–Trinajstić information content (AvgIpc) is 2.78. The summed E-state index contributed by atoms with van der Waals surface area (Å²) < 4.78 is 1.06. The van der Waals surface area contributed by atoms with E-state index in [1.54, 1.807) is 12.1 Å². The van der Waals surface area contributed by atoms with Gasteiger partial charge in [0.05, 0.1) is 11.8 Å². The molecule has 0 saturated heterocycles. The van der Waals surface area contributed by atoms with Gasteiger partial charge in [0.1, 0.15) is 10.8 Å². The third-order valence-corrected chi connectivity index (χ3v) is 3.19. The van der Waals surface area contributed by atoms with Crippen LogP contribution in [-0.4, -0.2) is 21.1 Å². The summed E-state index contributed by atoms with van der Waals surface area (Å²) in [5.74, 6) is 0.166. The van der Waals surface area contributed by atoms with Crippen LogP contribution in [-0.2, 0) is 0 Å². The maximum absolute atomic E-state index is 12.0. The summed E-state index contributed by atoms with van der Waals surface area (Å²) >= 11 is 7.03. The fourth-order valence-corrected chi connectivity index (χ4v) is 1.87. The zero-order chi connectivity index (χ0) is 13.1. The predicted octanol–water partition coefficient (Wildman–Crippen LogP) is 1.90. The van der Waals surface area contributed by atoms with E-state index < -0.39 is 0 Å². The van der Waals surface area contributed by atoms with Crippen molar-refractivity contribution in [3.05, 3.63) is 45.2 Å². The number of amides is 1. The molecule has 0 atom stereocenters. The molecule has 0 saturated carbocycles. The van der Waals surface area contributed by atoms with Crippen molar-refractivity contribution in [1.29, 1.82) is 0 Å². The molecule has 1 amide bonds. The maximum atomic E-state index is 12.0. The van der Waals surface area contributed by atoms with Gasteiger partial charge in [0.2, 0.25) is 0 Å². The van der Waals surface area contributed by atoms with Crippen LogP contribution in [0.3, 0.4) is 0 Å². The van der Waals surface area contributed by atoms with Crippen molar-refractivity contribution in [2.45, 2.75) is 0 Å². The topological polar surface area (TPSA) is 83.8 Å². The zero-order valence-electron chi connectivity index (χ0n) is 9.11. The highest BCUT2D eigenvalue weighted by atomic mass is 127. The van der Waals surface area contributed by atoms with Crippen LogP contribution in [0.1, 0.15) is 15.9 Å². The molecule has 7 heteroatoms. The number of nitrogens with one attached hydrogen (secondary N) is 2. The molecule has 1 heterocycles. The minimum absolute atomic E-state index is 0.182. The Hall–Kier alpha value is -1.48. The van der Waals surface area contributed by atoms with Crippen LogP contribution in [0.4, 0.5) is 5.82 Å². The number of thiocarbonyl (C=S) groups is 1. The number of carbonyl (C=O) groups excluding carboxylic acids is 1. The Balaban J connectivity index is 2.19. The molecule has 0 unspecified atom stereocenters. The van der Waals surface area contributed by atoms with Crippen LogP contribution >= 0.6 is 34.8 Å². The molecule has 1 aromatic heterocycles. The van der Waals surface area contributed by atoms with Crippen LogP contribution in [0.5, 0.6) is 0 Å². The van der Waals surface area contributed by atoms with Crippen LogP contribution in [0.15, 0.2) is 30.5 Å². The first-order valence-corrected chi connectivity index (χ1v) is 6.46. The number of carbonyl (C=O) groups is 1. The number of aromatic amines is 1. The Morgan fingerprint density at radius 3 is 2.67 bits per heavy atom. The number of H-pyrrole nitrogens is 1. The van der Waals surface area contributed by atoms with Gasteiger partial charge in [0.15, 0.2) is 0 Å². The molecular weight excluding hydrogens is 363 g/mol. The first-order valence-electron chi connectivity index (χ1n) is 4.98. The SMILES string of the molecule is NC(=S)c1cn[nH]c1NC(=O)c1ccc(I)cc1. The number of rotatable bonds is 3. The summed E-state index contributed by atoms with van der Waals surface area (Å²) in [4.78, 5) is 12.1. The van der Waals surface area contributed by atoms with Crippen molar-refractivity contribution in [3.8, 4) is 0 Å². The second-order valence-electron chi connectivity index (χ2n) is 3.48. The van der Waals surface area contributed by atoms with E-state index in [1.807, 2.05) is 12.1 Å². The molecule has 92 valence electrons. The average molecular weight is 372 g/mol. The fourth-order valence-electron chi connectivity index (χ4n) is 1.36. The summed E-state index contributed by atoms with van der Waals surface area (Å²) in [6.07, 6.45) is 1.48. The molecular formula is C11H9IN4OS. The van der Waals surface area contributed by atoms with Gasteiger partial charge in [-0.2, -0.15) is 5.10 Å². The summed E-state index contributed by atoms with van der Waals surface area (Å²) in [5, 5.41) is 9.12. The monoisotopic (exact) mass is 372 g/mol. The summed E-state index contributed by atoms with van der Waals surface area (Å²) in [7, 11) is 0. The lowest BCUT2D eigenvalue weighted by atomic mass is 10.2. The van der Waals surface area contributed by atoms with Crippen molar-refractivity contribution >= 4 is 51.5 Å². The molecule has 0 aliphatic carbocycles. The molecule has 0 aliphatic heterocycles. The second kappa shape index (κ2) is 5.44. The van der Waals surface area contributed by atoms with Gasteiger partial charge in [-0.1, -0.05) is 12.2 Å². The highest BCUT2D eigenvalue weighted by Crippen LogP contribution is 2.13. The molecule has 1 aromatic carbocycles. The lowest BCUT2D eigenvalue weighted by Gasteiger charge is -2.05. The number of nitrogens with zero attached hydrogens (tertiary/aromatic N) is 1. The number of nitrogens with two attached hydrogens (primary N) is 1. The highest BCUT2D eigenvalue weighted by molar-refractivity contribution is 14.1. The lowest BCUT2D eigenvalue weighted by molar-refractivity contribution is 0.102. The molecule has 4 N–H and O–H groups in total. The zero-order valence-corrected chi connectivity index (χ0v) is 12.1. The summed E-state index contributed by atoms with van der Waals surface area (Å²) in [5.41, 5.74) is 6.58. The molecule has 0 radical (unpaired) electrons. The first-order chi connectivity index (χ1) is 8.58. The van der Waals surface area contributed by atoms with Gasteiger partial charge in [-0.15, -0.1) is 0 Å². The fraction of sp³-hybridized carbons (Fsp3) is 0. The van der Waals surface area contributed by atoms with Gasteiger partial charge in [0.25, 0.3) is 5.91 Å². The Kier molecular flexibility index (Phi) is 3.92. The molecule has 2 rings (SSSR count). The molecule has 18 heavy (non-hydrogen) atoms. The Bertz CT molecular complexity index is 593. The van der Waals surface area contributed by atoms with Crippen LogP contribution < -0.4 is 11.1 Å². The third kappa shape index (κ3) is 2.85. The van der Waals surface area contributed by atoms with E-state index in [0.29, 0.717) is 16.9 Å². The van der Waals surface area contributed by atoms with E-state index in [-0.39, 0.29) is 10.9 Å². The Morgan fingerprint density at radius 1 is 1.39 bits per heavy atom. The van der Waals surface area contributed by atoms with E-state index in [2.05, 4.69) is 38.1 Å². The van der Waals surface area contributed by atoms with Crippen molar-refractivity contribution in [2.24, 2.45) is 5.73 Å². The first kappa shape index (κ1) is 13.0. The van der Waals surface area contributed by atoms with Crippen molar-refractivity contribution < 1.29 is 4.79 Å². The van der Waals surface area contributed by atoms with Gasteiger partial charge in [-0.25, -0.2) is 0 Å². The van der Waals surface area contributed by atoms with Crippen LogP contribution in [0.2, 0.25) is 0 Å². The minimum atomic E-state index is -0.242. The maximum Gasteiger partial charge on any atom is 0.256 e. The molecule has 0 spiro atoms.